The molecule has 0 aromatic rings. The molecule has 1 heteroatoms. The highest BCUT2D eigenvalue weighted by Gasteiger charge is 1.97. The average molecular weight is 222 g/mol. The Kier molecular flexibility index (Phi) is 8.93. The van der Waals surface area contributed by atoms with Gasteiger partial charge < -0.3 is 5.11 Å². The molecule has 0 fully saturated rings. The monoisotopic (exact) mass is 222 g/mol. The van der Waals surface area contributed by atoms with Crippen LogP contribution >= 0.6 is 0 Å². The Hall–Kier alpha value is -0.820. The maximum atomic E-state index is 8.72. The number of rotatable bonds is 7. The molecule has 0 saturated heterocycles. The molecule has 0 aliphatic rings. The summed E-state index contributed by atoms with van der Waals surface area (Å²) in [6, 6.07) is 0. The second kappa shape index (κ2) is 9.41. The number of allylic oxidation sites excluding steroid dienone is 5. The van der Waals surface area contributed by atoms with E-state index in [1.807, 2.05) is 6.08 Å². The summed E-state index contributed by atoms with van der Waals surface area (Å²) >= 11 is 0. The van der Waals surface area contributed by atoms with Gasteiger partial charge in [0.15, 0.2) is 0 Å². The SMILES string of the molecule is CC(C)=CC=CC(C)CCCC(C)=CCO. The molecular formula is C15H26O. The maximum absolute atomic E-state index is 8.72. The summed E-state index contributed by atoms with van der Waals surface area (Å²) in [4.78, 5) is 0. The zero-order chi connectivity index (χ0) is 12.4. The van der Waals surface area contributed by atoms with Crippen molar-refractivity contribution in [3.05, 3.63) is 35.5 Å². The molecule has 16 heavy (non-hydrogen) atoms. The zero-order valence-electron chi connectivity index (χ0n) is 11.2. The highest BCUT2D eigenvalue weighted by molar-refractivity contribution is 5.09. The minimum atomic E-state index is 0.169. The number of hydrogen-bond acceptors (Lipinski definition) is 1. The Labute approximate surface area is 101 Å². The molecule has 0 radical (unpaired) electrons. The lowest BCUT2D eigenvalue weighted by atomic mass is 10.0. The summed E-state index contributed by atoms with van der Waals surface area (Å²) in [5.74, 6) is 0.637. The van der Waals surface area contributed by atoms with Gasteiger partial charge >= 0.3 is 0 Å². The lowest BCUT2D eigenvalue weighted by Crippen LogP contribution is -1.90. The van der Waals surface area contributed by atoms with E-state index in [4.69, 9.17) is 5.11 Å². The highest BCUT2D eigenvalue weighted by Crippen LogP contribution is 2.13. The van der Waals surface area contributed by atoms with Crippen molar-refractivity contribution in [3.8, 4) is 0 Å². The van der Waals surface area contributed by atoms with Gasteiger partial charge in [0.1, 0.15) is 0 Å². The van der Waals surface area contributed by atoms with E-state index in [0.717, 1.165) is 6.42 Å². The lowest BCUT2D eigenvalue weighted by molar-refractivity contribution is 0.341. The van der Waals surface area contributed by atoms with Gasteiger partial charge in [-0.25, -0.2) is 0 Å². The molecule has 0 heterocycles. The van der Waals surface area contributed by atoms with Gasteiger partial charge in [0.2, 0.25) is 0 Å². The van der Waals surface area contributed by atoms with E-state index in [-0.39, 0.29) is 6.61 Å². The Balaban J connectivity index is 3.74. The molecule has 1 N–H and O–H groups in total. The molecule has 0 aliphatic carbocycles. The average Bonchev–Trinajstić information content (AvgIpc) is 2.17. The van der Waals surface area contributed by atoms with Crippen molar-refractivity contribution in [2.75, 3.05) is 6.61 Å². The van der Waals surface area contributed by atoms with Crippen LogP contribution in [-0.2, 0) is 0 Å². The second-order valence-corrected chi connectivity index (χ2v) is 4.73. The van der Waals surface area contributed by atoms with E-state index in [1.165, 1.54) is 24.0 Å². The Morgan fingerprint density at radius 3 is 2.50 bits per heavy atom. The molecule has 0 rings (SSSR count). The molecule has 0 aromatic carbocycles. The lowest BCUT2D eigenvalue weighted by Gasteiger charge is -2.05. The summed E-state index contributed by atoms with van der Waals surface area (Å²) in [6.45, 7) is 8.72. The fourth-order valence-electron chi connectivity index (χ4n) is 1.49. The van der Waals surface area contributed by atoms with Gasteiger partial charge in [0.25, 0.3) is 0 Å². The molecule has 1 nitrogen and oxygen atoms in total. The molecule has 92 valence electrons. The summed E-state index contributed by atoms with van der Waals surface area (Å²) < 4.78 is 0. The number of aliphatic hydroxyl groups is 1. The van der Waals surface area contributed by atoms with Gasteiger partial charge in [-0.1, -0.05) is 42.4 Å². The largest absolute Gasteiger partial charge is 0.392 e. The van der Waals surface area contributed by atoms with Crippen LogP contribution in [0.4, 0.5) is 0 Å². The molecule has 0 bridgehead atoms. The topological polar surface area (TPSA) is 20.2 Å². The fourth-order valence-corrected chi connectivity index (χ4v) is 1.49. The summed E-state index contributed by atoms with van der Waals surface area (Å²) in [5, 5.41) is 8.72. The van der Waals surface area contributed by atoms with Gasteiger partial charge in [-0.2, -0.15) is 0 Å². The predicted molar refractivity (Wildman–Crippen MR) is 72.4 cm³/mol. The zero-order valence-corrected chi connectivity index (χ0v) is 11.2. The summed E-state index contributed by atoms with van der Waals surface area (Å²) in [6.07, 6.45) is 12.0. The van der Waals surface area contributed by atoms with Crippen molar-refractivity contribution in [2.24, 2.45) is 5.92 Å². The number of hydrogen-bond donors (Lipinski definition) is 1. The first-order valence-corrected chi connectivity index (χ1v) is 6.14. The molecule has 1 unspecified atom stereocenters. The van der Waals surface area contributed by atoms with Crippen LogP contribution in [0.5, 0.6) is 0 Å². The molecule has 1 atom stereocenters. The standard InChI is InChI=1S/C15H26O/c1-13(2)7-5-8-14(3)9-6-10-15(4)11-12-16/h5,7-8,11,14,16H,6,9-10,12H2,1-4H3. The third-order valence-electron chi connectivity index (χ3n) is 2.54. The molecular weight excluding hydrogens is 196 g/mol. The van der Waals surface area contributed by atoms with Crippen LogP contribution < -0.4 is 0 Å². The van der Waals surface area contributed by atoms with E-state index < -0.39 is 0 Å². The van der Waals surface area contributed by atoms with Crippen molar-refractivity contribution in [1.82, 2.24) is 0 Å². The van der Waals surface area contributed by atoms with Crippen LogP contribution in [-0.4, -0.2) is 11.7 Å². The van der Waals surface area contributed by atoms with Crippen LogP contribution in [0, 0.1) is 5.92 Å². The Morgan fingerprint density at radius 1 is 1.25 bits per heavy atom. The first-order chi connectivity index (χ1) is 7.56. The van der Waals surface area contributed by atoms with Gasteiger partial charge in [-0.15, -0.1) is 0 Å². The molecule has 0 spiro atoms. The highest BCUT2D eigenvalue weighted by atomic mass is 16.2. The second-order valence-electron chi connectivity index (χ2n) is 4.73. The van der Waals surface area contributed by atoms with E-state index >= 15 is 0 Å². The van der Waals surface area contributed by atoms with E-state index in [1.54, 1.807) is 0 Å². The van der Waals surface area contributed by atoms with Crippen molar-refractivity contribution >= 4 is 0 Å². The van der Waals surface area contributed by atoms with Crippen molar-refractivity contribution < 1.29 is 5.11 Å². The predicted octanol–water partition coefficient (Wildman–Crippen LogP) is 4.25. The minimum Gasteiger partial charge on any atom is -0.392 e. The Morgan fingerprint density at radius 2 is 1.94 bits per heavy atom. The molecule has 0 aliphatic heterocycles. The van der Waals surface area contributed by atoms with Crippen molar-refractivity contribution in [2.45, 2.75) is 47.0 Å². The summed E-state index contributed by atoms with van der Waals surface area (Å²) in [5.41, 5.74) is 2.63. The molecule has 0 saturated carbocycles. The van der Waals surface area contributed by atoms with Gasteiger partial charge in [0, 0.05) is 0 Å². The van der Waals surface area contributed by atoms with Crippen LogP contribution in [0.25, 0.3) is 0 Å². The molecule has 0 aromatic heterocycles. The maximum Gasteiger partial charge on any atom is 0.0614 e. The smallest absolute Gasteiger partial charge is 0.0614 e. The minimum absolute atomic E-state index is 0.169. The normalized spacial score (nSPS) is 14.2. The van der Waals surface area contributed by atoms with E-state index in [2.05, 4.69) is 45.9 Å². The number of aliphatic hydroxyl groups excluding tert-OH is 1. The van der Waals surface area contributed by atoms with E-state index in [0.29, 0.717) is 5.92 Å². The van der Waals surface area contributed by atoms with Crippen LogP contribution in [0.15, 0.2) is 35.5 Å². The van der Waals surface area contributed by atoms with Crippen molar-refractivity contribution in [3.63, 3.8) is 0 Å². The van der Waals surface area contributed by atoms with Gasteiger partial charge in [0.05, 0.1) is 6.61 Å². The van der Waals surface area contributed by atoms with E-state index in [9.17, 15) is 0 Å². The first kappa shape index (κ1) is 15.2. The van der Waals surface area contributed by atoms with Crippen LogP contribution in [0.3, 0.4) is 0 Å². The quantitative estimate of drug-likeness (QED) is 0.504. The van der Waals surface area contributed by atoms with Gasteiger partial charge in [-0.3, -0.25) is 0 Å². The van der Waals surface area contributed by atoms with Crippen molar-refractivity contribution in [1.29, 1.82) is 0 Å². The third-order valence-corrected chi connectivity index (χ3v) is 2.54. The Bertz CT molecular complexity index is 255. The van der Waals surface area contributed by atoms with Gasteiger partial charge in [-0.05, 0) is 46.0 Å². The first-order valence-electron chi connectivity index (χ1n) is 6.14. The summed E-state index contributed by atoms with van der Waals surface area (Å²) in [7, 11) is 0. The third kappa shape index (κ3) is 9.72. The fraction of sp³-hybridized carbons (Fsp3) is 0.600. The van der Waals surface area contributed by atoms with Crippen LogP contribution in [0.2, 0.25) is 0 Å². The van der Waals surface area contributed by atoms with Crippen LogP contribution in [0.1, 0.15) is 47.0 Å². The molecule has 0 amide bonds.